The van der Waals surface area contributed by atoms with Gasteiger partial charge in [0.2, 0.25) is 11.0 Å². The van der Waals surface area contributed by atoms with E-state index in [1.54, 1.807) is 11.0 Å². The van der Waals surface area contributed by atoms with E-state index in [1.165, 1.54) is 25.6 Å². The second-order valence-corrected chi connectivity index (χ2v) is 10.9. The standard InChI is InChI=1S/C27H24F2N6O3S/c1-38-20-14-30-19(23(28)29)11-17(20)16-12-21(35-10-2-7-27(8-9-27)25(35)37)31-13-18(16)24(36)32-26-34-33-22(39-26)6-5-15-3-4-15/h11-15,23H,2-4,7-10H2,1H3,(H,32,34,36). The number of hydrogen-bond acceptors (Lipinski definition) is 8. The van der Waals surface area contributed by atoms with Crippen LogP contribution < -0.4 is 15.0 Å². The molecule has 39 heavy (non-hydrogen) atoms. The molecule has 12 heteroatoms. The third-order valence-electron chi connectivity index (χ3n) is 7.23. The van der Waals surface area contributed by atoms with Crippen LogP contribution in [0.2, 0.25) is 0 Å². The van der Waals surface area contributed by atoms with Crippen LogP contribution in [0.15, 0.2) is 24.5 Å². The minimum absolute atomic E-state index is 0.00746. The van der Waals surface area contributed by atoms with Gasteiger partial charge in [-0.25, -0.2) is 13.8 Å². The summed E-state index contributed by atoms with van der Waals surface area (Å²) in [4.78, 5) is 36.5. The molecule has 1 N–H and O–H groups in total. The highest BCUT2D eigenvalue weighted by molar-refractivity contribution is 7.15. The summed E-state index contributed by atoms with van der Waals surface area (Å²) in [7, 11) is 1.39. The van der Waals surface area contributed by atoms with Crippen molar-refractivity contribution in [2.24, 2.45) is 11.3 Å². The molecule has 2 aliphatic carbocycles. The Bertz CT molecular complexity index is 1520. The number of hydrogen-bond donors (Lipinski definition) is 1. The summed E-state index contributed by atoms with van der Waals surface area (Å²) in [6, 6.07) is 2.77. The number of methoxy groups -OCH3 is 1. The summed E-state index contributed by atoms with van der Waals surface area (Å²) in [5.41, 5.74) is -0.194. The predicted molar refractivity (Wildman–Crippen MR) is 140 cm³/mol. The van der Waals surface area contributed by atoms with Crippen LogP contribution in [0, 0.1) is 23.2 Å². The number of pyridine rings is 2. The molecule has 2 saturated carbocycles. The van der Waals surface area contributed by atoms with Gasteiger partial charge in [0.1, 0.15) is 17.3 Å². The first-order valence-corrected chi connectivity index (χ1v) is 13.5. The molecule has 6 rings (SSSR count). The molecule has 200 valence electrons. The van der Waals surface area contributed by atoms with Crippen LogP contribution in [0.3, 0.4) is 0 Å². The minimum atomic E-state index is -2.83. The smallest absolute Gasteiger partial charge is 0.280 e. The third kappa shape index (κ3) is 5.06. The molecule has 3 fully saturated rings. The largest absolute Gasteiger partial charge is 0.494 e. The lowest BCUT2D eigenvalue weighted by molar-refractivity contribution is -0.125. The molecule has 0 aromatic carbocycles. The van der Waals surface area contributed by atoms with E-state index < -0.39 is 18.0 Å². The van der Waals surface area contributed by atoms with Crippen molar-refractivity contribution in [3.63, 3.8) is 0 Å². The number of piperidine rings is 1. The summed E-state index contributed by atoms with van der Waals surface area (Å²) < 4.78 is 32.6. The molecular formula is C27H24F2N6O3S. The lowest BCUT2D eigenvalue weighted by Gasteiger charge is -2.32. The van der Waals surface area contributed by atoms with Crippen LogP contribution in [-0.2, 0) is 4.79 Å². The van der Waals surface area contributed by atoms with Gasteiger partial charge in [-0.15, -0.1) is 10.2 Å². The number of aromatic nitrogens is 4. The molecular weight excluding hydrogens is 526 g/mol. The van der Waals surface area contributed by atoms with E-state index in [9.17, 15) is 18.4 Å². The highest BCUT2D eigenvalue weighted by Crippen LogP contribution is 2.53. The number of halogens is 2. The van der Waals surface area contributed by atoms with Crippen LogP contribution in [0.1, 0.15) is 66.0 Å². The maximum absolute atomic E-state index is 13.6. The zero-order chi connectivity index (χ0) is 27.1. The van der Waals surface area contributed by atoms with Gasteiger partial charge in [-0.3, -0.25) is 24.8 Å². The SMILES string of the molecule is COc1cnc(C(F)F)cc1-c1cc(N2CCCC3(CC3)C2=O)ncc1C(=O)Nc1nnc(C#CC2CC2)s1. The fourth-order valence-corrected chi connectivity index (χ4v) is 5.33. The molecule has 0 unspecified atom stereocenters. The number of alkyl halides is 2. The molecule has 1 spiro atoms. The monoisotopic (exact) mass is 550 g/mol. The first-order valence-electron chi connectivity index (χ1n) is 12.7. The van der Waals surface area contributed by atoms with Crippen molar-refractivity contribution in [1.29, 1.82) is 0 Å². The Morgan fingerprint density at radius 3 is 2.72 bits per heavy atom. The van der Waals surface area contributed by atoms with Crippen LogP contribution in [0.4, 0.5) is 19.7 Å². The van der Waals surface area contributed by atoms with E-state index in [0.29, 0.717) is 23.3 Å². The van der Waals surface area contributed by atoms with E-state index in [0.717, 1.165) is 49.9 Å². The van der Waals surface area contributed by atoms with Gasteiger partial charge in [-0.2, -0.15) is 0 Å². The lowest BCUT2D eigenvalue weighted by Crippen LogP contribution is -2.43. The summed E-state index contributed by atoms with van der Waals surface area (Å²) in [6.45, 7) is 0.490. The number of carbonyl (C=O) groups is 2. The van der Waals surface area contributed by atoms with Gasteiger partial charge in [0.25, 0.3) is 12.3 Å². The quantitative estimate of drug-likeness (QED) is 0.437. The first-order chi connectivity index (χ1) is 18.9. The van der Waals surface area contributed by atoms with Crippen molar-refractivity contribution in [2.75, 3.05) is 23.9 Å². The Morgan fingerprint density at radius 1 is 1.18 bits per heavy atom. The number of nitrogens with one attached hydrogen (secondary N) is 1. The molecule has 3 aromatic heterocycles. The Hall–Kier alpha value is -3.98. The zero-order valence-electron chi connectivity index (χ0n) is 21.0. The van der Waals surface area contributed by atoms with E-state index in [1.807, 2.05) is 0 Å². The van der Waals surface area contributed by atoms with Gasteiger partial charge in [-0.1, -0.05) is 17.3 Å². The second kappa shape index (κ2) is 9.96. The molecule has 1 saturated heterocycles. The molecule has 4 heterocycles. The summed E-state index contributed by atoms with van der Waals surface area (Å²) >= 11 is 1.14. The highest BCUT2D eigenvalue weighted by atomic mass is 32.1. The van der Waals surface area contributed by atoms with Gasteiger partial charge in [0.15, 0.2) is 5.01 Å². The molecule has 0 bridgehead atoms. The maximum Gasteiger partial charge on any atom is 0.280 e. The summed E-state index contributed by atoms with van der Waals surface area (Å²) in [6.07, 6.45) is 5.25. The van der Waals surface area contributed by atoms with E-state index in [-0.39, 0.29) is 38.9 Å². The lowest BCUT2D eigenvalue weighted by atomic mass is 9.93. The van der Waals surface area contributed by atoms with Crippen molar-refractivity contribution < 1.29 is 23.1 Å². The predicted octanol–water partition coefficient (Wildman–Crippen LogP) is 4.86. The van der Waals surface area contributed by atoms with Gasteiger partial charge >= 0.3 is 0 Å². The zero-order valence-corrected chi connectivity index (χ0v) is 21.9. The van der Waals surface area contributed by atoms with Crippen LogP contribution in [-0.4, -0.2) is 45.6 Å². The molecule has 9 nitrogen and oxygen atoms in total. The number of ether oxygens (including phenoxy) is 1. The number of carbonyl (C=O) groups excluding carboxylic acids is 2. The first kappa shape index (κ1) is 25.3. The molecule has 3 aromatic rings. The Balaban J connectivity index is 1.38. The van der Waals surface area contributed by atoms with Crippen LogP contribution in [0.5, 0.6) is 5.75 Å². The van der Waals surface area contributed by atoms with E-state index >= 15 is 0 Å². The summed E-state index contributed by atoms with van der Waals surface area (Å²) in [5, 5.41) is 11.5. The van der Waals surface area contributed by atoms with Crippen molar-refractivity contribution >= 4 is 34.1 Å². The highest BCUT2D eigenvalue weighted by Gasteiger charge is 2.53. The maximum atomic E-state index is 13.6. The van der Waals surface area contributed by atoms with Gasteiger partial charge in [-0.05, 0) is 56.6 Å². The second-order valence-electron chi connectivity index (χ2n) is 9.95. The number of nitrogens with zero attached hydrogens (tertiary/aromatic N) is 5. The molecule has 0 atom stereocenters. The number of amides is 2. The van der Waals surface area contributed by atoms with E-state index in [2.05, 4.69) is 37.3 Å². The summed E-state index contributed by atoms with van der Waals surface area (Å²) in [5.74, 6) is 6.46. The average molecular weight is 551 g/mol. The molecule has 3 aliphatic rings. The van der Waals surface area contributed by atoms with Crippen molar-refractivity contribution in [1.82, 2.24) is 20.2 Å². The van der Waals surface area contributed by atoms with Gasteiger partial charge in [0, 0.05) is 35.2 Å². The topological polar surface area (TPSA) is 110 Å². The fraction of sp³-hybridized carbons (Fsp3) is 0.407. The van der Waals surface area contributed by atoms with Crippen LogP contribution >= 0.6 is 11.3 Å². The Morgan fingerprint density at radius 2 is 2.00 bits per heavy atom. The number of anilines is 2. The van der Waals surface area contributed by atoms with Crippen molar-refractivity contribution in [3.05, 3.63) is 40.8 Å². The Kier molecular flexibility index (Phi) is 6.46. The van der Waals surface area contributed by atoms with Crippen molar-refractivity contribution in [2.45, 2.75) is 45.0 Å². The number of rotatable bonds is 6. The molecule has 0 radical (unpaired) electrons. The fourth-order valence-electron chi connectivity index (χ4n) is 4.73. The minimum Gasteiger partial charge on any atom is -0.494 e. The molecule has 1 aliphatic heterocycles. The third-order valence-corrected chi connectivity index (χ3v) is 7.98. The van der Waals surface area contributed by atoms with Crippen molar-refractivity contribution in [3.8, 4) is 28.7 Å². The average Bonchev–Trinajstić information content (AvgIpc) is 3.88. The Labute approximate surface area is 227 Å². The normalized spacial score (nSPS) is 17.6. The van der Waals surface area contributed by atoms with Gasteiger partial charge in [0.05, 0.1) is 18.9 Å². The van der Waals surface area contributed by atoms with E-state index in [4.69, 9.17) is 4.74 Å². The van der Waals surface area contributed by atoms with Gasteiger partial charge < -0.3 is 4.74 Å². The molecule has 2 amide bonds. The van der Waals surface area contributed by atoms with Crippen LogP contribution in [0.25, 0.3) is 11.1 Å².